The first-order valence-electron chi connectivity index (χ1n) is 12.1. The summed E-state index contributed by atoms with van der Waals surface area (Å²) in [6.45, 7) is 11.6. The van der Waals surface area contributed by atoms with Gasteiger partial charge in [0.05, 0.1) is 0 Å². The van der Waals surface area contributed by atoms with Gasteiger partial charge < -0.3 is 0 Å². The number of fused-ring (bicyclic) bond motifs is 3. The number of aryl methyl sites for hydroxylation is 2. The van der Waals surface area contributed by atoms with Crippen LogP contribution in [0.4, 0.5) is 0 Å². The minimum Gasteiger partial charge on any atom is -0.201 e. The highest BCUT2D eigenvalue weighted by Crippen LogP contribution is 2.46. The lowest BCUT2D eigenvalue weighted by atomic mass is 9.85. The Balaban J connectivity index is 1.71. The Morgan fingerprint density at radius 2 is 1.52 bits per heavy atom. The van der Waals surface area contributed by atoms with Gasteiger partial charge in [-0.2, -0.15) is 0 Å². The molecule has 0 radical (unpaired) electrons. The molecule has 0 bridgehead atoms. The molecule has 1 heterocycles. The molecular weight excluding hydrogens is 398 g/mol. The van der Waals surface area contributed by atoms with E-state index in [4.69, 9.17) is 0 Å². The van der Waals surface area contributed by atoms with Crippen LogP contribution in [0, 0.1) is 19.3 Å². The average molecular weight is 431 g/mol. The van der Waals surface area contributed by atoms with Gasteiger partial charge in [-0.3, -0.25) is 0 Å². The molecule has 164 valence electrons. The molecule has 0 spiro atoms. The van der Waals surface area contributed by atoms with Gasteiger partial charge >= 0.3 is 0 Å². The maximum Gasteiger partial charge on any atom is 0.212 e. The maximum absolute atomic E-state index is 2.48. The molecule has 1 heteroatoms. The van der Waals surface area contributed by atoms with Gasteiger partial charge in [0, 0.05) is 17.2 Å². The highest BCUT2D eigenvalue weighted by atomic mass is 14.9. The number of hydrogen-bond donors (Lipinski definition) is 0. The molecule has 0 aliphatic heterocycles. The fraction of sp³-hybridized carbons (Fsp3) is 0.281. The zero-order valence-electron chi connectivity index (χ0n) is 20.6. The Bertz CT molecular complexity index is 1610. The van der Waals surface area contributed by atoms with E-state index in [1.54, 1.807) is 0 Å². The topological polar surface area (TPSA) is 3.88 Å². The molecule has 4 aromatic carbocycles. The van der Waals surface area contributed by atoms with Gasteiger partial charge in [0.15, 0.2) is 6.20 Å². The molecule has 0 amide bonds. The Hall–Kier alpha value is -3.19. The third kappa shape index (κ3) is 3.02. The van der Waals surface area contributed by atoms with E-state index in [2.05, 4.69) is 107 Å². The third-order valence-electron chi connectivity index (χ3n) is 7.57. The number of aromatic nitrogens is 1. The van der Waals surface area contributed by atoms with Gasteiger partial charge in [0.1, 0.15) is 7.05 Å². The van der Waals surface area contributed by atoms with E-state index >= 15 is 0 Å². The first-order chi connectivity index (χ1) is 15.7. The van der Waals surface area contributed by atoms with Crippen LogP contribution in [0.3, 0.4) is 0 Å². The zero-order valence-corrected chi connectivity index (χ0v) is 20.6. The molecule has 0 unspecified atom stereocenters. The molecule has 0 atom stereocenters. The number of hydrogen-bond acceptors (Lipinski definition) is 0. The summed E-state index contributed by atoms with van der Waals surface area (Å²) in [7, 11) is 2.20. The number of rotatable bonds is 2. The van der Waals surface area contributed by atoms with Crippen molar-refractivity contribution < 1.29 is 4.57 Å². The van der Waals surface area contributed by atoms with E-state index in [0.717, 1.165) is 12.8 Å². The van der Waals surface area contributed by atoms with E-state index in [0.29, 0.717) is 0 Å². The highest BCUT2D eigenvalue weighted by Gasteiger charge is 2.26. The van der Waals surface area contributed by atoms with Gasteiger partial charge in [-0.25, -0.2) is 4.57 Å². The van der Waals surface area contributed by atoms with Crippen molar-refractivity contribution in [3.63, 3.8) is 0 Å². The van der Waals surface area contributed by atoms with E-state index in [-0.39, 0.29) is 5.41 Å². The first kappa shape index (κ1) is 20.4. The van der Waals surface area contributed by atoms with E-state index in [1.807, 2.05) is 0 Å². The molecule has 5 aromatic rings. The lowest BCUT2D eigenvalue weighted by Gasteiger charge is -2.20. The molecule has 1 aliphatic carbocycles. The van der Waals surface area contributed by atoms with Gasteiger partial charge in [-0.05, 0) is 92.7 Å². The van der Waals surface area contributed by atoms with Crippen molar-refractivity contribution in [2.24, 2.45) is 12.5 Å². The van der Waals surface area contributed by atoms with Gasteiger partial charge in [-0.1, -0.05) is 63.2 Å². The van der Waals surface area contributed by atoms with Crippen molar-refractivity contribution in [1.29, 1.82) is 0 Å². The lowest BCUT2D eigenvalue weighted by molar-refractivity contribution is -0.660. The molecule has 0 saturated carbocycles. The fourth-order valence-electron chi connectivity index (χ4n) is 6.09. The van der Waals surface area contributed by atoms with Crippen LogP contribution >= 0.6 is 0 Å². The van der Waals surface area contributed by atoms with Crippen molar-refractivity contribution >= 4 is 32.3 Å². The van der Waals surface area contributed by atoms with Crippen LogP contribution in [0.25, 0.3) is 43.6 Å². The first-order valence-corrected chi connectivity index (χ1v) is 12.1. The summed E-state index contributed by atoms with van der Waals surface area (Å²) >= 11 is 0. The zero-order chi connectivity index (χ0) is 23.1. The third-order valence-corrected chi connectivity index (χ3v) is 7.57. The van der Waals surface area contributed by atoms with Crippen molar-refractivity contribution in [1.82, 2.24) is 0 Å². The van der Waals surface area contributed by atoms with E-state index in [9.17, 15) is 0 Å². The summed E-state index contributed by atoms with van der Waals surface area (Å²) in [4.78, 5) is 0. The predicted octanol–water partition coefficient (Wildman–Crippen LogP) is 7.75. The SMILES string of the molecule is Cc1c[n+](C)c(-c2cc3c4ccccc4c4cccc5c4c3c(c2C)C5)cc1CC(C)(C)C. The largest absolute Gasteiger partial charge is 0.212 e. The summed E-state index contributed by atoms with van der Waals surface area (Å²) < 4.78 is 2.32. The molecule has 0 fully saturated rings. The molecule has 33 heavy (non-hydrogen) atoms. The van der Waals surface area contributed by atoms with E-state index < -0.39 is 0 Å². The fourth-order valence-corrected chi connectivity index (χ4v) is 6.09. The van der Waals surface area contributed by atoms with Gasteiger partial charge in [0.2, 0.25) is 5.69 Å². The summed E-state index contributed by atoms with van der Waals surface area (Å²) in [6, 6.07) is 20.7. The van der Waals surface area contributed by atoms with Crippen LogP contribution in [0.2, 0.25) is 0 Å². The second kappa shape index (κ2) is 6.90. The Labute approximate surface area is 196 Å². The second-order valence-electron chi connectivity index (χ2n) is 11.2. The Kier molecular flexibility index (Phi) is 4.27. The molecule has 0 N–H and O–H groups in total. The maximum atomic E-state index is 2.48. The van der Waals surface area contributed by atoms with Gasteiger partial charge in [-0.15, -0.1) is 0 Å². The summed E-state index contributed by atoms with van der Waals surface area (Å²) in [5.74, 6) is 0. The summed E-state index contributed by atoms with van der Waals surface area (Å²) in [5, 5.41) is 8.48. The number of benzene rings is 4. The van der Waals surface area contributed by atoms with Crippen molar-refractivity contribution in [3.05, 3.63) is 88.6 Å². The molecule has 0 saturated heterocycles. The number of nitrogens with zero attached hydrogens (tertiary/aromatic N) is 1. The molecule has 1 nitrogen and oxygen atoms in total. The van der Waals surface area contributed by atoms with Crippen molar-refractivity contribution in [3.8, 4) is 11.3 Å². The highest BCUT2D eigenvalue weighted by molar-refractivity contribution is 6.29. The number of pyridine rings is 1. The normalized spacial score (nSPS) is 13.2. The Morgan fingerprint density at radius 1 is 0.818 bits per heavy atom. The molecular formula is C32H32N+. The average Bonchev–Trinajstić information content (AvgIpc) is 3.16. The smallest absolute Gasteiger partial charge is 0.201 e. The minimum absolute atomic E-state index is 0.262. The monoisotopic (exact) mass is 430 g/mol. The van der Waals surface area contributed by atoms with Crippen molar-refractivity contribution in [2.75, 3.05) is 0 Å². The quantitative estimate of drug-likeness (QED) is 0.195. The van der Waals surface area contributed by atoms with Crippen molar-refractivity contribution in [2.45, 2.75) is 47.5 Å². The summed E-state index contributed by atoms with van der Waals surface area (Å²) in [5.41, 5.74) is 10.2. The van der Waals surface area contributed by atoms with Crippen LogP contribution in [0.5, 0.6) is 0 Å². The summed E-state index contributed by atoms with van der Waals surface area (Å²) in [6.07, 6.45) is 4.43. The van der Waals surface area contributed by atoms with Gasteiger partial charge in [0.25, 0.3) is 0 Å². The molecule has 1 aliphatic rings. The second-order valence-corrected chi connectivity index (χ2v) is 11.2. The molecule has 6 rings (SSSR count). The van der Waals surface area contributed by atoms with Crippen LogP contribution < -0.4 is 4.57 Å². The predicted molar refractivity (Wildman–Crippen MR) is 141 cm³/mol. The van der Waals surface area contributed by atoms with Crippen LogP contribution in [-0.4, -0.2) is 0 Å². The van der Waals surface area contributed by atoms with Crippen LogP contribution in [0.15, 0.2) is 60.8 Å². The van der Waals surface area contributed by atoms with Crippen LogP contribution in [-0.2, 0) is 19.9 Å². The van der Waals surface area contributed by atoms with E-state index in [1.165, 1.54) is 71.4 Å². The minimum atomic E-state index is 0.262. The Morgan fingerprint density at radius 3 is 2.24 bits per heavy atom. The lowest BCUT2D eigenvalue weighted by Crippen LogP contribution is -2.32. The molecule has 1 aromatic heterocycles. The standard InChI is InChI=1S/C32H32N/c1-19-18-33(6)29(15-22(19)17-32(3,4)5)26-16-28-24-12-8-7-11-23(24)25-13-9-10-21-14-27(20(26)2)31(28)30(21)25/h7-13,15-16,18H,14,17H2,1-6H3/q+1. The van der Waals surface area contributed by atoms with Crippen LogP contribution in [0.1, 0.15) is 48.6 Å².